The van der Waals surface area contributed by atoms with Gasteiger partial charge in [0.05, 0.1) is 6.10 Å². The van der Waals surface area contributed by atoms with Gasteiger partial charge in [-0.1, -0.05) is 0 Å². The van der Waals surface area contributed by atoms with E-state index in [1.807, 2.05) is 0 Å². The molecule has 1 fully saturated rings. The predicted molar refractivity (Wildman–Crippen MR) is 56.3 cm³/mol. The molecule has 88 valence electrons. The summed E-state index contributed by atoms with van der Waals surface area (Å²) in [5.74, 6) is -0.0520. The van der Waals surface area contributed by atoms with Crippen LogP contribution in [-0.4, -0.2) is 42.9 Å². The highest BCUT2D eigenvalue weighted by molar-refractivity contribution is 5.80. The molecule has 0 aromatic carbocycles. The molecule has 2 unspecified atom stereocenters. The SMILES string of the molecule is NCC1CCC(C(=O)NCCCCO)O1. The van der Waals surface area contributed by atoms with Crippen molar-refractivity contribution in [2.45, 2.75) is 37.9 Å². The first-order valence-corrected chi connectivity index (χ1v) is 5.52. The van der Waals surface area contributed by atoms with Crippen LogP contribution in [0, 0.1) is 0 Å². The van der Waals surface area contributed by atoms with Gasteiger partial charge in [0, 0.05) is 19.7 Å². The fourth-order valence-electron chi connectivity index (χ4n) is 1.63. The summed E-state index contributed by atoms with van der Waals surface area (Å²) >= 11 is 0. The summed E-state index contributed by atoms with van der Waals surface area (Å²) < 4.78 is 5.44. The lowest BCUT2D eigenvalue weighted by molar-refractivity contribution is -0.131. The molecule has 15 heavy (non-hydrogen) atoms. The topological polar surface area (TPSA) is 84.6 Å². The first-order valence-electron chi connectivity index (χ1n) is 5.52. The summed E-state index contributed by atoms with van der Waals surface area (Å²) in [5.41, 5.74) is 5.45. The second-order valence-corrected chi connectivity index (χ2v) is 3.78. The van der Waals surface area contributed by atoms with Gasteiger partial charge in [-0.25, -0.2) is 0 Å². The molecule has 0 saturated carbocycles. The number of amides is 1. The summed E-state index contributed by atoms with van der Waals surface area (Å²) in [5, 5.41) is 11.3. The van der Waals surface area contributed by atoms with Crippen molar-refractivity contribution in [2.24, 2.45) is 5.73 Å². The fraction of sp³-hybridized carbons (Fsp3) is 0.900. The Balaban J connectivity index is 2.12. The number of hydrogen-bond acceptors (Lipinski definition) is 4. The normalized spacial score (nSPS) is 25.5. The highest BCUT2D eigenvalue weighted by Gasteiger charge is 2.29. The average Bonchev–Trinajstić information content (AvgIpc) is 2.72. The number of carbonyl (C=O) groups excluding carboxylic acids is 1. The Bertz CT molecular complexity index is 199. The monoisotopic (exact) mass is 216 g/mol. The molecular formula is C10H20N2O3. The number of nitrogens with two attached hydrogens (primary N) is 1. The van der Waals surface area contributed by atoms with Crippen molar-refractivity contribution >= 4 is 5.91 Å². The maximum atomic E-state index is 11.5. The zero-order valence-electron chi connectivity index (χ0n) is 8.95. The molecule has 0 spiro atoms. The van der Waals surface area contributed by atoms with Crippen LogP contribution in [0.2, 0.25) is 0 Å². The van der Waals surface area contributed by atoms with Gasteiger partial charge in [0.2, 0.25) is 5.91 Å². The van der Waals surface area contributed by atoms with Crippen molar-refractivity contribution in [3.8, 4) is 0 Å². The Morgan fingerprint density at radius 2 is 2.27 bits per heavy atom. The second kappa shape index (κ2) is 6.76. The van der Waals surface area contributed by atoms with Crippen molar-refractivity contribution in [2.75, 3.05) is 19.7 Å². The second-order valence-electron chi connectivity index (χ2n) is 3.78. The van der Waals surface area contributed by atoms with Crippen molar-refractivity contribution < 1.29 is 14.6 Å². The van der Waals surface area contributed by atoms with Gasteiger partial charge in [-0.15, -0.1) is 0 Å². The maximum Gasteiger partial charge on any atom is 0.249 e. The number of rotatable bonds is 6. The molecule has 0 bridgehead atoms. The molecule has 4 N–H and O–H groups in total. The van der Waals surface area contributed by atoms with Crippen molar-refractivity contribution in [1.82, 2.24) is 5.32 Å². The summed E-state index contributed by atoms with van der Waals surface area (Å²) in [6, 6.07) is 0. The van der Waals surface area contributed by atoms with E-state index in [4.69, 9.17) is 15.6 Å². The number of aliphatic hydroxyl groups is 1. The fourth-order valence-corrected chi connectivity index (χ4v) is 1.63. The number of aliphatic hydroxyl groups excluding tert-OH is 1. The minimum absolute atomic E-state index is 0.0400. The third-order valence-electron chi connectivity index (χ3n) is 2.55. The van der Waals surface area contributed by atoms with Gasteiger partial charge in [0.15, 0.2) is 0 Å². The minimum atomic E-state index is -0.326. The Kier molecular flexibility index (Phi) is 5.60. The van der Waals surface area contributed by atoms with E-state index in [2.05, 4.69) is 5.32 Å². The summed E-state index contributed by atoms with van der Waals surface area (Å²) in [4.78, 5) is 11.5. The first kappa shape index (κ1) is 12.4. The largest absolute Gasteiger partial charge is 0.396 e. The van der Waals surface area contributed by atoms with Crippen LogP contribution in [0.25, 0.3) is 0 Å². The third-order valence-corrected chi connectivity index (χ3v) is 2.55. The van der Waals surface area contributed by atoms with Crippen molar-refractivity contribution in [3.63, 3.8) is 0 Å². The molecule has 1 aliphatic rings. The number of nitrogens with one attached hydrogen (secondary N) is 1. The molecule has 1 heterocycles. The lowest BCUT2D eigenvalue weighted by Crippen LogP contribution is -2.36. The van der Waals surface area contributed by atoms with Crippen molar-refractivity contribution in [3.05, 3.63) is 0 Å². The van der Waals surface area contributed by atoms with Gasteiger partial charge in [-0.2, -0.15) is 0 Å². The van der Waals surface area contributed by atoms with Gasteiger partial charge in [0.25, 0.3) is 0 Å². The molecule has 0 aromatic heterocycles. The Morgan fingerprint density at radius 3 is 2.87 bits per heavy atom. The molecule has 0 aromatic rings. The Morgan fingerprint density at radius 1 is 1.47 bits per heavy atom. The maximum absolute atomic E-state index is 11.5. The van der Waals surface area contributed by atoms with Gasteiger partial charge < -0.3 is 20.9 Å². The van der Waals surface area contributed by atoms with Crippen LogP contribution >= 0.6 is 0 Å². The highest BCUT2D eigenvalue weighted by atomic mass is 16.5. The lowest BCUT2D eigenvalue weighted by atomic mass is 10.2. The number of ether oxygens (including phenoxy) is 1. The van der Waals surface area contributed by atoms with Crippen molar-refractivity contribution in [1.29, 1.82) is 0 Å². The molecule has 1 aliphatic heterocycles. The zero-order chi connectivity index (χ0) is 11.1. The van der Waals surface area contributed by atoms with Crippen LogP contribution in [0.1, 0.15) is 25.7 Å². The van der Waals surface area contributed by atoms with Crippen LogP contribution in [0.3, 0.4) is 0 Å². The Labute approximate surface area is 90.0 Å². The van der Waals surface area contributed by atoms with Gasteiger partial charge in [0.1, 0.15) is 6.10 Å². The summed E-state index contributed by atoms with van der Waals surface area (Å²) in [6.45, 7) is 1.26. The van der Waals surface area contributed by atoms with Gasteiger partial charge in [-0.05, 0) is 25.7 Å². The van der Waals surface area contributed by atoms with Crippen LogP contribution < -0.4 is 11.1 Å². The Hall–Kier alpha value is -0.650. The number of unbranched alkanes of at least 4 members (excludes halogenated alkanes) is 1. The zero-order valence-corrected chi connectivity index (χ0v) is 8.95. The van der Waals surface area contributed by atoms with E-state index >= 15 is 0 Å². The average molecular weight is 216 g/mol. The van der Waals surface area contributed by atoms with E-state index in [1.54, 1.807) is 0 Å². The number of hydrogen-bond donors (Lipinski definition) is 3. The molecule has 2 atom stereocenters. The van der Waals surface area contributed by atoms with E-state index in [9.17, 15) is 4.79 Å². The van der Waals surface area contributed by atoms with E-state index in [1.165, 1.54) is 0 Å². The molecule has 5 heteroatoms. The van der Waals surface area contributed by atoms with Crippen LogP contribution in [-0.2, 0) is 9.53 Å². The minimum Gasteiger partial charge on any atom is -0.396 e. The lowest BCUT2D eigenvalue weighted by Gasteiger charge is -2.12. The van der Waals surface area contributed by atoms with Crippen LogP contribution in [0.15, 0.2) is 0 Å². The molecule has 0 radical (unpaired) electrons. The molecule has 0 aliphatic carbocycles. The summed E-state index contributed by atoms with van der Waals surface area (Å²) in [6.07, 6.45) is 2.86. The highest BCUT2D eigenvalue weighted by Crippen LogP contribution is 2.18. The smallest absolute Gasteiger partial charge is 0.249 e. The third kappa shape index (κ3) is 4.15. The first-order chi connectivity index (χ1) is 7.27. The quantitative estimate of drug-likeness (QED) is 0.517. The van der Waals surface area contributed by atoms with E-state index in [0.717, 1.165) is 25.7 Å². The van der Waals surface area contributed by atoms with E-state index in [0.29, 0.717) is 13.1 Å². The van der Waals surface area contributed by atoms with E-state index < -0.39 is 0 Å². The molecular weight excluding hydrogens is 196 g/mol. The number of carbonyl (C=O) groups is 1. The van der Waals surface area contributed by atoms with Gasteiger partial charge >= 0.3 is 0 Å². The van der Waals surface area contributed by atoms with Gasteiger partial charge in [-0.3, -0.25) is 4.79 Å². The van der Waals surface area contributed by atoms with Crippen LogP contribution in [0.4, 0.5) is 0 Å². The standard InChI is InChI=1S/C10H20N2O3/c11-7-8-3-4-9(15-8)10(14)12-5-1-2-6-13/h8-9,13H,1-7,11H2,(H,12,14). The molecule has 1 rings (SSSR count). The van der Waals surface area contributed by atoms with Crippen LogP contribution in [0.5, 0.6) is 0 Å². The summed E-state index contributed by atoms with van der Waals surface area (Å²) in [7, 11) is 0. The molecule has 1 amide bonds. The predicted octanol–water partition coefficient (Wildman–Crippen LogP) is -0.619. The molecule has 1 saturated heterocycles. The molecule has 5 nitrogen and oxygen atoms in total. The van der Waals surface area contributed by atoms with E-state index in [-0.39, 0.29) is 24.7 Å².